The summed E-state index contributed by atoms with van der Waals surface area (Å²) in [6, 6.07) is 0. The van der Waals surface area contributed by atoms with Gasteiger partial charge in [0.05, 0.1) is 19.0 Å². The first-order valence-electron chi connectivity index (χ1n) is 4.22. The van der Waals surface area contributed by atoms with E-state index in [0.29, 0.717) is 0 Å². The van der Waals surface area contributed by atoms with E-state index in [1.54, 1.807) is 0 Å². The van der Waals surface area contributed by atoms with Crippen LogP contribution in [0.1, 0.15) is 12.8 Å². The van der Waals surface area contributed by atoms with Crippen molar-refractivity contribution in [2.75, 3.05) is 13.2 Å². The number of esters is 1. The minimum atomic E-state index is -2.87. The third-order valence-electron chi connectivity index (χ3n) is 1.61. The van der Waals surface area contributed by atoms with Crippen LogP contribution in [0, 0.1) is 0 Å². The largest absolute Gasteiger partial charge is 1.00 e. The van der Waals surface area contributed by atoms with E-state index in [1.807, 2.05) is 0 Å². The molecule has 1 unspecified atom stereocenters. The molecule has 0 amide bonds. The van der Waals surface area contributed by atoms with Crippen LogP contribution >= 0.6 is 0 Å². The summed E-state index contributed by atoms with van der Waals surface area (Å²) in [7, 11) is 0. The number of rotatable bonds is 7. The first kappa shape index (κ1) is 23.4. The van der Waals surface area contributed by atoms with E-state index >= 15 is 0 Å². The Labute approximate surface area is 147 Å². The molecule has 8 nitrogen and oxygen atoms in total. The van der Waals surface area contributed by atoms with Gasteiger partial charge in [0.15, 0.2) is 0 Å². The van der Waals surface area contributed by atoms with Crippen LogP contribution in [0.25, 0.3) is 0 Å². The molecule has 0 heterocycles. The quantitative estimate of drug-likeness (QED) is 0.345. The van der Waals surface area contributed by atoms with Gasteiger partial charge in [-0.3, -0.25) is 4.79 Å². The molecule has 10 heteroatoms. The first-order valence-corrected chi connectivity index (χ1v) is 4.22. The van der Waals surface area contributed by atoms with Crippen molar-refractivity contribution >= 4 is 17.9 Å². The van der Waals surface area contributed by atoms with Crippen molar-refractivity contribution in [2.45, 2.75) is 18.4 Å². The monoisotopic (exact) mass is 280 g/mol. The Morgan fingerprint density at radius 3 is 1.94 bits per heavy atom. The molecule has 0 fully saturated rings. The van der Waals surface area contributed by atoms with Crippen molar-refractivity contribution in [3.05, 3.63) is 0 Å². The van der Waals surface area contributed by atoms with Crippen molar-refractivity contribution in [3.8, 4) is 0 Å². The van der Waals surface area contributed by atoms with Gasteiger partial charge in [-0.05, 0) is 0 Å². The normalized spacial score (nSPS) is 12.3. The summed E-state index contributed by atoms with van der Waals surface area (Å²) >= 11 is 0. The van der Waals surface area contributed by atoms with E-state index in [9.17, 15) is 29.7 Å². The second-order valence-corrected chi connectivity index (χ2v) is 2.99. The molecule has 0 aromatic rings. The molecular formula is C8H10Na2O8. The van der Waals surface area contributed by atoms with Crippen LogP contribution in [0.3, 0.4) is 0 Å². The summed E-state index contributed by atoms with van der Waals surface area (Å²) in [4.78, 5) is 31.5. The van der Waals surface area contributed by atoms with Gasteiger partial charge in [-0.25, -0.2) is 0 Å². The second kappa shape index (κ2) is 11.2. The molecule has 0 aromatic carbocycles. The summed E-state index contributed by atoms with van der Waals surface area (Å²) in [6.45, 7) is -0.858. The van der Waals surface area contributed by atoms with E-state index < -0.39 is 43.0 Å². The molecule has 1 atom stereocenters. The number of carbonyl (C=O) groups is 3. The van der Waals surface area contributed by atoms with Crippen molar-refractivity contribution in [2.24, 2.45) is 0 Å². The number of hydrogen-bond acceptors (Lipinski definition) is 8. The van der Waals surface area contributed by atoms with Crippen molar-refractivity contribution in [3.63, 3.8) is 0 Å². The fraction of sp³-hybridized carbons (Fsp3) is 0.625. The zero-order valence-corrected chi connectivity index (χ0v) is 14.2. The summed E-state index contributed by atoms with van der Waals surface area (Å²) in [5.74, 6) is -5.12. The van der Waals surface area contributed by atoms with Gasteiger partial charge in [0, 0.05) is 12.4 Å². The van der Waals surface area contributed by atoms with E-state index in [2.05, 4.69) is 4.74 Å². The molecule has 0 spiro atoms. The van der Waals surface area contributed by atoms with Gasteiger partial charge in [0.1, 0.15) is 12.2 Å². The van der Waals surface area contributed by atoms with Crippen molar-refractivity contribution in [1.82, 2.24) is 0 Å². The Bertz CT molecular complexity index is 295. The fourth-order valence-electron chi connectivity index (χ4n) is 0.895. The SMILES string of the molecule is O=C([O-])CC(O)(CC(=O)OCCO)C(=O)[O-].[Na+].[Na+]. The van der Waals surface area contributed by atoms with Gasteiger partial charge in [-0.2, -0.15) is 0 Å². The number of carboxylic acid groups (broad SMARTS) is 2. The Morgan fingerprint density at radius 1 is 1.11 bits per heavy atom. The summed E-state index contributed by atoms with van der Waals surface area (Å²) in [5.41, 5.74) is -2.87. The van der Waals surface area contributed by atoms with Crippen LogP contribution in [0.5, 0.6) is 0 Å². The zero-order valence-electron chi connectivity index (χ0n) is 10.2. The molecule has 0 radical (unpaired) electrons. The Balaban J connectivity index is -0.00000112. The number of ether oxygens (including phenoxy) is 1. The summed E-state index contributed by atoms with van der Waals surface area (Å²) in [6.07, 6.45) is -2.38. The molecular weight excluding hydrogens is 270 g/mol. The molecule has 0 aromatic heterocycles. The van der Waals surface area contributed by atoms with Gasteiger partial charge in [-0.15, -0.1) is 0 Å². The minimum Gasteiger partial charge on any atom is -0.550 e. The number of aliphatic hydroxyl groups is 2. The van der Waals surface area contributed by atoms with Gasteiger partial charge in [0.25, 0.3) is 0 Å². The van der Waals surface area contributed by atoms with Gasteiger partial charge >= 0.3 is 65.1 Å². The number of carboxylic acids is 2. The van der Waals surface area contributed by atoms with E-state index in [4.69, 9.17) is 5.11 Å². The van der Waals surface area contributed by atoms with Crippen LogP contribution in [0.15, 0.2) is 0 Å². The van der Waals surface area contributed by atoms with Crippen LogP contribution in [0.4, 0.5) is 0 Å². The van der Waals surface area contributed by atoms with Crippen LogP contribution in [-0.4, -0.2) is 46.9 Å². The standard InChI is InChI=1S/C8H12O8.2Na/c9-1-2-16-6(12)4-8(15,7(13)14)3-5(10)11;;/h9,15H,1-4H2,(H,10,11)(H,13,14);;/q;2*+1/p-2. The van der Waals surface area contributed by atoms with E-state index in [-0.39, 0.29) is 65.7 Å². The van der Waals surface area contributed by atoms with Gasteiger partial charge in [-0.1, -0.05) is 0 Å². The molecule has 18 heavy (non-hydrogen) atoms. The smallest absolute Gasteiger partial charge is 0.550 e. The van der Waals surface area contributed by atoms with E-state index in [1.165, 1.54) is 0 Å². The van der Waals surface area contributed by atoms with Crippen LogP contribution in [-0.2, 0) is 19.1 Å². The number of aliphatic hydroxyl groups excluding tert-OH is 1. The van der Waals surface area contributed by atoms with Gasteiger partial charge < -0.3 is 34.8 Å². The van der Waals surface area contributed by atoms with Crippen LogP contribution < -0.4 is 69.3 Å². The number of hydrogen-bond donors (Lipinski definition) is 2. The predicted octanol–water partition coefficient (Wildman–Crippen LogP) is -10.5. The van der Waals surface area contributed by atoms with Crippen LogP contribution in [0.2, 0.25) is 0 Å². The second-order valence-electron chi connectivity index (χ2n) is 2.99. The molecule has 0 aliphatic rings. The van der Waals surface area contributed by atoms with E-state index in [0.717, 1.165) is 0 Å². The molecule has 2 N–H and O–H groups in total. The molecule has 0 saturated heterocycles. The third kappa shape index (κ3) is 9.29. The van der Waals surface area contributed by atoms with Crippen molar-refractivity contribution < 1.29 is 98.7 Å². The average molecular weight is 280 g/mol. The van der Waals surface area contributed by atoms with Crippen molar-refractivity contribution in [1.29, 1.82) is 0 Å². The topological polar surface area (TPSA) is 147 Å². The Morgan fingerprint density at radius 2 is 1.61 bits per heavy atom. The zero-order chi connectivity index (χ0) is 12.8. The summed E-state index contributed by atoms with van der Waals surface area (Å²) in [5, 5.41) is 38.2. The maximum Gasteiger partial charge on any atom is 1.00 e. The third-order valence-corrected chi connectivity index (χ3v) is 1.61. The first-order chi connectivity index (χ1) is 7.31. The average Bonchev–Trinajstić information content (AvgIpc) is 2.12. The summed E-state index contributed by atoms with van der Waals surface area (Å²) < 4.78 is 4.27. The van der Waals surface area contributed by atoms with Gasteiger partial charge in [0.2, 0.25) is 0 Å². The fourth-order valence-corrected chi connectivity index (χ4v) is 0.895. The molecule has 0 aliphatic carbocycles. The maximum atomic E-state index is 10.9. The molecule has 0 bridgehead atoms. The predicted molar refractivity (Wildman–Crippen MR) is 42.2 cm³/mol. The minimum absolute atomic E-state index is 0. The molecule has 0 saturated carbocycles. The molecule has 92 valence electrons. The molecule has 0 rings (SSSR count). The molecule has 0 aliphatic heterocycles. The number of carbonyl (C=O) groups excluding carboxylic acids is 3. The Hall–Kier alpha value is 0.330. The number of aliphatic carboxylic acids is 2. The maximum absolute atomic E-state index is 10.9. The Kier molecular flexibility index (Phi) is 14.6.